The minimum atomic E-state index is -3.63. The Hall–Kier alpha value is -2.38. The van der Waals surface area contributed by atoms with E-state index in [1.807, 2.05) is 38.1 Å². The summed E-state index contributed by atoms with van der Waals surface area (Å²) in [7, 11) is -3.63. The van der Waals surface area contributed by atoms with Crippen molar-refractivity contribution in [1.29, 1.82) is 0 Å². The Morgan fingerprint density at radius 2 is 1.74 bits per heavy atom. The number of amides is 1. The molecule has 7 heteroatoms. The van der Waals surface area contributed by atoms with E-state index >= 15 is 0 Å². The van der Waals surface area contributed by atoms with Gasteiger partial charge < -0.3 is 5.32 Å². The van der Waals surface area contributed by atoms with E-state index in [1.54, 1.807) is 13.0 Å². The third-order valence-corrected chi connectivity index (χ3v) is 7.14. The zero-order valence-corrected chi connectivity index (χ0v) is 19.7. The van der Waals surface area contributed by atoms with Crippen LogP contribution in [0.3, 0.4) is 0 Å². The minimum Gasteiger partial charge on any atom is -0.350 e. The Morgan fingerprint density at radius 3 is 2.39 bits per heavy atom. The van der Waals surface area contributed by atoms with E-state index in [-0.39, 0.29) is 5.91 Å². The second kappa shape index (κ2) is 9.83. The molecule has 0 spiro atoms. The first-order valence-corrected chi connectivity index (χ1v) is 12.6. The molecule has 1 amide bonds. The highest BCUT2D eigenvalue weighted by Crippen LogP contribution is 2.24. The van der Waals surface area contributed by atoms with Gasteiger partial charge in [-0.15, -0.1) is 0 Å². The van der Waals surface area contributed by atoms with Crippen LogP contribution in [0.4, 0.5) is 5.69 Å². The molecular formula is C24H33N3O3S. The lowest BCUT2D eigenvalue weighted by Gasteiger charge is -2.28. The molecule has 1 N–H and O–H groups in total. The lowest BCUT2D eigenvalue weighted by molar-refractivity contribution is -0.122. The van der Waals surface area contributed by atoms with Crippen LogP contribution < -0.4 is 9.62 Å². The molecule has 168 valence electrons. The molecule has 2 aromatic carbocycles. The fraction of sp³-hybridized carbons (Fsp3) is 0.458. The van der Waals surface area contributed by atoms with Crippen LogP contribution in [0, 0.1) is 13.8 Å². The summed E-state index contributed by atoms with van der Waals surface area (Å²) in [6.45, 7) is 9.08. The van der Waals surface area contributed by atoms with Gasteiger partial charge >= 0.3 is 0 Å². The van der Waals surface area contributed by atoms with Gasteiger partial charge in [-0.25, -0.2) is 8.42 Å². The molecule has 0 aliphatic carbocycles. The highest BCUT2D eigenvalue weighted by atomic mass is 32.2. The number of nitrogens with one attached hydrogen (secondary N) is 1. The number of rotatable bonds is 8. The largest absolute Gasteiger partial charge is 0.350 e. The van der Waals surface area contributed by atoms with Crippen molar-refractivity contribution in [3.8, 4) is 0 Å². The molecule has 0 radical (unpaired) electrons. The van der Waals surface area contributed by atoms with E-state index in [0.717, 1.165) is 42.6 Å². The molecule has 0 saturated carbocycles. The molecule has 1 heterocycles. The van der Waals surface area contributed by atoms with Crippen LogP contribution in [-0.4, -0.2) is 44.6 Å². The zero-order chi connectivity index (χ0) is 22.6. The lowest BCUT2D eigenvalue weighted by Crippen LogP contribution is -2.47. The fourth-order valence-corrected chi connectivity index (χ4v) is 5.21. The molecule has 31 heavy (non-hydrogen) atoms. The monoisotopic (exact) mass is 443 g/mol. The van der Waals surface area contributed by atoms with Gasteiger partial charge in [-0.05, 0) is 81.1 Å². The van der Waals surface area contributed by atoms with Gasteiger partial charge in [0.2, 0.25) is 15.9 Å². The average Bonchev–Trinajstić information content (AvgIpc) is 3.21. The number of anilines is 1. The van der Waals surface area contributed by atoms with Crippen molar-refractivity contribution in [2.75, 3.05) is 23.7 Å². The Morgan fingerprint density at radius 1 is 1.06 bits per heavy atom. The predicted molar refractivity (Wildman–Crippen MR) is 126 cm³/mol. The first-order chi connectivity index (χ1) is 14.6. The molecule has 1 fully saturated rings. The SMILES string of the molecule is Cc1ccc(N([C@@H](C)C(=O)NCc2cccc(CN3CCCC3)c2)S(C)(=O)=O)cc1C. The van der Waals surface area contributed by atoms with E-state index in [4.69, 9.17) is 0 Å². The number of benzene rings is 2. The van der Waals surface area contributed by atoms with Crippen LogP contribution in [-0.2, 0) is 27.9 Å². The van der Waals surface area contributed by atoms with Gasteiger partial charge in [-0.1, -0.05) is 30.3 Å². The molecule has 1 aliphatic rings. The Balaban J connectivity index is 1.68. The lowest BCUT2D eigenvalue weighted by atomic mass is 10.1. The summed E-state index contributed by atoms with van der Waals surface area (Å²) in [5, 5.41) is 2.91. The predicted octanol–water partition coefficient (Wildman–Crippen LogP) is 3.37. The van der Waals surface area contributed by atoms with E-state index in [1.165, 1.54) is 22.7 Å². The maximum Gasteiger partial charge on any atom is 0.243 e. The van der Waals surface area contributed by atoms with Crippen molar-refractivity contribution in [2.45, 2.75) is 52.7 Å². The van der Waals surface area contributed by atoms with Crippen LogP contribution in [0.15, 0.2) is 42.5 Å². The number of hydrogen-bond acceptors (Lipinski definition) is 4. The maximum atomic E-state index is 12.9. The first-order valence-electron chi connectivity index (χ1n) is 10.8. The summed E-state index contributed by atoms with van der Waals surface area (Å²) < 4.78 is 26.2. The molecule has 1 saturated heterocycles. The molecule has 3 rings (SSSR count). The fourth-order valence-electron chi connectivity index (χ4n) is 4.05. The van der Waals surface area contributed by atoms with E-state index in [9.17, 15) is 13.2 Å². The van der Waals surface area contributed by atoms with Gasteiger partial charge in [0.15, 0.2) is 0 Å². The van der Waals surface area contributed by atoms with E-state index in [2.05, 4.69) is 22.3 Å². The molecule has 6 nitrogen and oxygen atoms in total. The zero-order valence-electron chi connectivity index (χ0n) is 18.9. The molecule has 2 aromatic rings. The third-order valence-electron chi connectivity index (χ3n) is 5.90. The van der Waals surface area contributed by atoms with Crippen molar-refractivity contribution in [3.63, 3.8) is 0 Å². The van der Waals surface area contributed by atoms with Crippen LogP contribution in [0.25, 0.3) is 0 Å². The number of nitrogens with zero attached hydrogens (tertiary/aromatic N) is 2. The number of hydrogen-bond donors (Lipinski definition) is 1. The highest BCUT2D eigenvalue weighted by molar-refractivity contribution is 7.92. The Kier molecular flexibility index (Phi) is 7.38. The number of sulfonamides is 1. The molecule has 1 aliphatic heterocycles. The molecule has 1 atom stereocenters. The summed E-state index contributed by atoms with van der Waals surface area (Å²) in [6.07, 6.45) is 3.64. The maximum absolute atomic E-state index is 12.9. The Labute approximate surface area is 186 Å². The highest BCUT2D eigenvalue weighted by Gasteiger charge is 2.29. The molecule has 0 aromatic heterocycles. The minimum absolute atomic E-state index is 0.325. The third kappa shape index (κ3) is 6.08. The average molecular weight is 444 g/mol. The second-order valence-corrected chi connectivity index (χ2v) is 10.4. The Bertz CT molecular complexity index is 1030. The number of carbonyl (C=O) groups is 1. The van der Waals surface area contributed by atoms with Crippen molar-refractivity contribution in [1.82, 2.24) is 10.2 Å². The van der Waals surface area contributed by atoms with Gasteiger partial charge in [0, 0.05) is 13.1 Å². The summed E-state index contributed by atoms with van der Waals surface area (Å²) >= 11 is 0. The van der Waals surface area contributed by atoms with Gasteiger partial charge in [0.25, 0.3) is 0 Å². The van der Waals surface area contributed by atoms with Gasteiger partial charge in [-0.2, -0.15) is 0 Å². The van der Waals surface area contributed by atoms with Gasteiger partial charge in [0.05, 0.1) is 11.9 Å². The van der Waals surface area contributed by atoms with Crippen LogP contribution in [0.2, 0.25) is 0 Å². The second-order valence-electron chi connectivity index (χ2n) is 8.52. The van der Waals surface area contributed by atoms with Crippen LogP contribution in [0.1, 0.15) is 42.0 Å². The quantitative estimate of drug-likeness (QED) is 0.679. The summed E-state index contributed by atoms with van der Waals surface area (Å²) in [6, 6.07) is 12.8. The van der Waals surface area contributed by atoms with Crippen molar-refractivity contribution < 1.29 is 13.2 Å². The summed E-state index contributed by atoms with van der Waals surface area (Å²) in [4.78, 5) is 15.3. The smallest absolute Gasteiger partial charge is 0.243 e. The van der Waals surface area contributed by atoms with Crippen molar-refractivity contribution in [2.24, 2.45) is 0 Å². The van der Waals surface area contributed by atoms with Crippen LogP contribution >= 0.6 is 0 Å². The molecule has 0 bridgehead atoms. The summed E-state index contributed by atoms with van der Waals surface area (Å²) in [5.41, 5.74) is 4.79. The normalized spacial score (nSPS) is 15.6. The molecular weight excluding hydrogens is 410 g/mol. The standard InChI is InChI=1S/C24H33N3O3S/c1-18-10-11-23(14-19(18)2)27(31(4,29)30)20(3)24(28)25-16-21-8-7-9-22(15-21)17-26-12-5-6-13-26/h7-11,14-15,20H,5-6,12-13,16-17H2,1-4H3,(H,25,28)/t20-/m0/s1. The van der Waals surface area contributed by atoms with E-state index < -0.39 is 16.1 Å². The molecule has 0 unspecified atom stereocenters. The topological polar surface area (TPSA) is 69.7 Å². The number of aryl methyl sites for hydroxylation is 2. The van der Waals surface area contributed by atoms with Gasteiger partial charge in [-0.3, -0.25) is 14.0 Å². The number of likely N-dealkylation sites (tertiary alicyclic amines) is 1. The number of carbonyl (C=O) groups excluding carboxylic acids is 1. The van der Waals surface area contributed by atoms with E-state index in [0.29, 0.717) is 12.2 Å². The summed E-state index contributed by atoms with van der Waals surface area (Å²) in [5.74, 6) is -0.325. The van der Waals surface area contributed by atoms with Crippen molar-refractivity contribution >= 4 is 21.6 Å². The van der Waals surface area contributed by atoms with Crippen molar-refractivity contribution in [3.05, 3.63) is 64.7 Å². The van der Waals surface area contributed by atoms with Crippen LogP contribution in [0.5, 0.6) is 0 Å². The van der Waals surface area contributed by atoms with Gasteiger partial charge in [0.1, 0.15) is 6.04 Å². The first kappa shape index (κ1) is 23.3.